The lowest BCUT2D eigenvalue weighted by atomic mass is 10.1. The van der Waals surface area contributed by atoms with Crippen molar-refractivity contribution < 1.29 is 23.7 Å². The molecule has 250 valence electrons. The summed E-state index contributed by atoms with van der Waals surface area (Å²) < 4.78 is 33.2. The number of ether oxygens (including phenoxy) is 3. The molecule has 0 bridgehead atoms. The molecule has 3 atom stereocenters. The minimum Gasteiger partial charge on any atom is -0.491 e. The van der Waals surface area contributed by atoms with Crippen molar-refractivity contribution in [1.29, 1.82) is 0 Å². The third-order valence-corrected chi connectivity index (χ3v) is 8.57. The van der Waals surface area contributed by atoms with E-state index in [1.807, 2.05) is 60.8 Å². The number of likely N-dealkylation sites (N-methyl/N-ethyl adjacent to an activating group) is 1. The number of aromatic nitrogens is 6. The van der Waals surface area contributed by atoms with Gasteiger partial charge in [0.15, 0.2) is 17.3 Å². The Labute approximate surface area is 278 Å². The summed E-state index contributed by atoms with van der Waals surface area (Å²) in [6, 6.07) is 16.0. The average Bonchev–Trinajstić information content (AvgIpc) is 3.75. The van der Waals surface area contributed by atoms with E-state index in [2.05, 4.69) is 30.6 Å². The molecule has 3 aromatic heterocycles. The normalized spacial score (nSPS) is 17.5. The summed E-state index contributed by atoms with van der Waals surface area (Å²) >= 11 is 0. The highest BCUT2D eigenvalue weighted by atomic mass is 19.1. The minimum atomic E-state index is -0.594. The summed E-state index contributed by atoms with van der Waals surface area (Å²) in [5, 5.41) is 27.5. The number of aliphatic hydroxyl groups excluding tert-OH is 1. The van der Waals surface area contributed by atoms with E-state index in [9.17, 15) is 9.50 Å². The first kappa shape index (κ1) is 32.8. The van der Waals surface area contributed by atoms with Gasteiger partial charge in [-0.3, -0.25) is 4.68 Å². The molecule has 1 aliphatic rings. The van der Waals surface area contributed by atoms with Crippen LogP contribution in [-0.4, -0.2) is 74.5 Å². The molecule has 0 spiro atoms. The largest absolute Gasteiger partial charge is 0.491 e. The van der Waals surface area contributed by atoms with Crippen LogP contribution in [0.1, 0.15) is 38.3 Å². The van der Waals surface area contributed by atoms with Gasteiger partial charge in [-0.05, 0) is 56.5 Å². The summed E-state index contributed by atoms with van der Waals surface area (Å²) in [6.45, 7) is 4.65. The lowest BCUT2D eigenvalue weighted by molar-refractivity contribution is 0.160. The van der Waals surface area contributed by atoms with Crippen molar-refractivity contribution in [2.45, 2.75) is 57.5 Å². The van der Waals surface area contributed by atoms with E-state index >= 15 is 0 Å². The molecule has 1 aliphatic carbocycles. The van der Waals surface area contributed by atoms with Crippen LogP contribution in [0.25, 0.3) is 22.5 Å². The van der Waals surface area contributed by atoms with E-state index in [1.165, 1.54) is 25.6 Å². The van der Waals surface area contributed by atoms with Crippen LogP contribution >= 0.6 is 0 Å². The molecule has 6 rings (SSSR count). The van der Waals surface area contributed by atoms with Gasteiger partial charge in [0.1, 0.15) is 17.9 Å². The van der Waals surface area contributed by atoms with Gasteiger partial charge in [0.05, 0.1) is 44.0 Å². The van der Waals surface area contributed by atoms with E-state index in [-0.39, 0.29) is 23.9 Å². The number of nitrogens with one attached hydrogen (secondary N) is 1. The molecule has 3 heterocycles. The number of methoxy groups -OCH3 is 2. The molecule has 0 amide bonds. The molecule has 0 saturated heterocycles. The maximum absolute atomic E-state index is 14.4. The number of benzene rings is 2. The van der Waals surface area contributed by atoms with Gasteiger partial charge < -0.3 is 29.5 Å². The second kappa shape index (κ2) is 14.3. The van der Waals surface area contributed by atoms with Crippen LogP contribution in [0, 0.1) is 5.82 Å². The third kappa shape index (κ3) is 6.92. The molecular weight excluding hydrogens is 615 g/mol. The van der Waals surface area contributed by atoms with Crippen LogP contribution in [-0.2, 0) is 6.54 Å². The summed E-state index contributed by atoms with van der Waals surface area (Å²) in [5.41, 5.74) is 3.98. The molecule has 0 radical (unpaired) electrons. The standard InChI is InChI=1S/C35H39FN8O4/c1-21(2)44-28(12-13-40-44)26-14-24(36)10-11-31(26)48-33-19-37-20-39-34(33)43(3)29-15-25(16-30(29)45)38-18-22-6-8-23(9-7-22)27-17-32(46-4)35(47-5)42-41-27/h6-14,17,19-21,25,29-30,38,45H,15-16,18H2,1-5H3/t25-,29+,30-/m1/s1. The van der Waals surface area contributed by atoms with Gasteiger partial charge in [0.2, 0.25) is 0 Å². The van der Waals surface area contributed by atoms with Crippen LogP contribution < -0.4 is 24.4 Å². The quantitative estimate of drug-likeness (QED) is 0.178. The van der Waals surface area contributed by atoms with E-state index < -0.39 is 6.10 Å². The van der Waals surface area contributed by atoms with Crippen molar-refractivity contribution >= 4 is 5.82 Å². The monoisotopic (exact) mass is 654 g/mol. The fraction of sp³-hybridized carbons (Fsp3) is 0.343. The summed E-state index contributed by atoms with van der Waals surface area (Å²) in [5.74, 6) is 1.83. The topological polar surface area (TPSA) is 133 Å². The number of hydrogen-bond acceptors (Lipinski definition) is 11. The number of halogens is 1. The number of nitrogens with zero attached hydrogens (tertiary/aromatic N) is 7. The smallest absolute Gasteiger partial charge is 0.276 e. The van der Waals surface area contributed by atoms with Crippen molar-refractivity contribution in [2.24, 2.45) is 0 Å². The van der Waals surface area contributed by atoms with Crippen LogP contribution in [0.15, 0.2) is 73.3 Å². The molecule has 48 heavy (non-hydrogen) atoms. The van der Waals surface area contributed by atoms with Crippen molar-refractivity contribution in [3.8, 4) is 45.6 Å². The molecule has 0 aliphatic heterocycles. The molecular formula is C35H39FN8O4. The Hall–Kier alpha value is -5.14. The first-order valence-corrected chi connectivity index (χ1v) is 15.8. The molecule has 2 aromatic carbocycles. The zero-order valence-electron chi connectivity index (χ0n) is 27.5. The lowest BCUT2D eigenvalue weighted by Gasteiger charge is -2.29. The molecule has 12 nitrogen and oxygen atoms in total. The van der Waals surface area contributed by atoms with Crippen molar-refractivity contribution in [1.82, 2.24) is 35.3 Å². The van der Waals surface area contributed by atoms with Crippen molar-refractivity contribution in [3.63, 3.8) is 0 Å². The van der Waals surface area contributed by atoms with Crippen molar-refractivity contribution in [2.75, 3.05) is 26.2 Å². The van der Waals surface area contributed by atoms with Gasteiger partial charge in [0, 0.05) is 49.1 Å². The first-order chi connectivity index (χ1) is 23.2. The maximum Gasteiger partial charge on any atom is 0.276 e. The highest BCUT2D eigenvalue weighted by Gasteiger charge is 2.37. The fourth-order valence-corrected chi connectivity index (χ4v) is 6.08. The average molecular weight is 655 g/mol. The maximum atomic E-state index is 14.4. The lowest BCUT2D eigenvalue weighted by Crippen LogP contribution is -2.38. The molecule has 1 fully saturated rings. The van der Waals surface area contributed by atoms with E-state index in [1.54, 1.807) is 31.6 Å². The Balaban J connectivity index is 1.13. The predicted octanol–water partition coefficient (Wildman–Crippen LogP) is 5.44. The van der Waals surface area contributed by atoms with Crippen LogP contribution in [0.4, 0.5) is 10.2 Å². The van der Waals surface area contributed by atoms with Gasteiger partial charge in [-0.1, -0.05) is 24.3 Å². The fourth-order valence-electron chi connectivity index (χ4n) is 6.08. The molecule has 13 heteroatoms. The molecule has 0 unspecified atom stereocenters. The molecule has 5 aromatic rings. The number of anilines is 1. The van der Waals surface area contributed by atoms with Gasteiger partial charge in [0.25, 0.3) is 5.88 Å². The summed E-state index contributed by atoms with van der Waals surface area (Å²) in [6.07, 6.45) is 5.40. The molecule has 1 saturated carbocycles. The van der Waals surface area contributed by atoms with E-state index in [0.29, 0.717) is 59.6 Å². The Morgan fingerprint density at radius 2 is 1.81 bits per heavy atom. The minimum absolute atomic E-state index is 0.0662. The number of hydrogen-bond donors (Lipinski definition) is 2. The van der Waals surface area contributed by atoms with Gasteiger partial charge >= 0.3 is 0 Å². The molecule has 2 N–H and O–H groups in total. The Morgan fingerprint density at radius 3 is 2.56 bits per heavy atom. The van der Waals surface area contributed by atoms with E-state index in [0.717, 1.165) is 16.8 Å². The van der Waals surface area contributed by atoms with Gasteiger partial charge in [-0.15, -0.1) is 10.2 Å². The number of rotatable bonds is 12. The second-order valence-corrected chi connectivity index (χ2v) is 12.0. The highest BCUT2D eigenvalue weighted by Crippen LogP contribution is 2.39. The number of aliphatic hydroxyl groups is 1. The van der Waals surface area contributed by atoms with Gasteiger partial charge in [-0.25, -0.2) is 14.4 Å². The van der Waals surface area contributed by atoms with Gasteiger partial charge in [-0.2, -0.15) is 5.10 Å². The Morgan fingerprint density at radius 1 is 1.00 bits per heavy atom. The summed E-state index contributed by atoms with van der Waals surface area (Å²) in [4.78, 5) is 10.7. The van der Waals surface area contributed by atoms with E-state index in [4.69, 9.17) is 14.2 Å². The third-order valence-electron chi connectivity index (χ3n) is 8.57. The Kier molecular flexibility index (Phi) is 9.78. The van der Waals surface area contributed by atoms with Crippen LogP contribution in [0.2, 0.25) is 0 Å². The SMILES string of the molecule is COc1cc(-c2ccc(CN[C@H]3C[C@@H](O)[C@@H](N(C)c4ncncc4Oc4ccc(F)cc4-c4ccnn4C(C)C)C3)cc2)nnc1OC. The predicted molar refractivity (Wildman–Crippen MR) is 179 cm³/mol. The zero-order valence-corrected chi connectivity index (χ0v) is 27.5. The second-order valence-electron chi connectivity index (χ2n) is 12.0. The zero-order chi connectivity index (χ0) is 33.8. The van der Waals surface area contributed by atoms with Crippen LogP contribution in [0.5, 0.6) is 23.1 Å². The summed E-state index contributed by atoms with van der Waals surface area (Å²) in [7, 11) is 4.98. The highest BCUT2D eigenvalue weighted by molar-refractivity contribution is 5.69. The van der Waals surface area contributed by atoms with Crippen LogP contribution in [0.3, 0.4) is 0 Å². The first-order valence-electron chi connectivity index (χ1n) is 15.8. The van der Waals surface area contributed by atoms with Crippen molar-refractivity contribution in [3.05, 3.63) is 84.7 Å². The Bertz CT molecular complexity index is 1850.